The Labute approximate surface area is 190 Å². The fraction of sp³-hybridized carbons (Fsp3) is 0.240. The highest BCUT2D eigenvalue weighted by molar-refractivity contribution is 6.30. The number of ether oxygens (including phenoxy) is 1. The Morgan fingerprint density at radius 2 is 1.94 bits per heavy atom. The van der Waals surface area contributed by atoms with Crippen LogP contribution in [0.5, 0.6) is 5.75 Å². The maximum Gasteiger partial charge on any atom is 0.415 e. The molecule has 1 fully saturated rings. The number of nitrogens with one attached hydrogen (secondary N) is 1. The molecule has 2 aliphatic rings. The Morgan fingerprint density at radius 3 is 2.72 bits per heavy atom. The first-order valence-electron chi connectivity index (χ1n) is 10.7. The third-order valence-corrected chi connectivity index (χ3v) is 6.35. The van der Waals surface area contributed by atoms with Crippen molar-refractivity contribution in [3.05, 3.63) is 98.2 Å². The van der Waals surface area contributed by atoms with Crippen molar-refractivity contribution in [2.75, 3.05) is 13.1 Å². The predicted octanol–water partition coefficient (Wildman–Crippen LogP) is 4.62. The average molecular weight is 448 g/mol. The van der Waals surface area contributed by atoms with E-state index in [1.165, 1.54) is 11.8 Å². The summed E-state index contributed by atoms with van der Waals surface area (Å²) in [6, 6.07) is 11.0. The minimum absolute atomic E-state index is 0.0493. The number of aromatic amines is 1. The number of carbonyl (C=O) groups is 1. The molecule has 7 heteroatoms. The van der Waals surface area contributed by atoms with Gasteiger partial charge in [0.25, 0.3) is 0 Å². The second kappa shape index (κ2) is 8.63. The molecule has 0 unspecified atom stereocenters. The summed E-state index contributed by atoms with van der Waals surface area (Å²) >= 11 is 6.28. The number of aryl methyl sites for hydroxylation is 1. The molecule has 1 aromatic carbocycles. The number of fused-ring (bicyclic) bond motifs is 2. The fourth-order valence-corrected chi connectivity index (χ4v) is 4.73. The molecule has 2 aromatic heterocycles. The van der Waals surface area contributed by atoms with Gasteiger partial charge in [0.05, 0.1) is 11.9 Å². The minimum atomic E-state index is -0.371. The van der Waals surface area contributed by atoms with Gasteiger partial charge >= 0.3 is 6.09 Å². The van der Waals surface area contributed by atoms with E-state index in [1.54, 1.807) is 35.5 Å². The number of H-pyrrole nitrogens is 1. The van der Waals surface area contributed by atoms with Crippen molar-refractivity contribution >= 4 is 23.3 Å². The summed E-state index contributed by atoms with van der Waals surface area (Å²) in [5.74, 6) is 0.433. The van der Waals surface area contributed by atoms with Crippen LogP contribution in [-0.4, -0.2) is 34.1 Å². The molecule has 0 bridgehead atoms. The first-order chi connectivity index (χ1) is 15.6. The lowest BCUT2D eigenvalue weighted by Crippen LogP contribution is -2.38. The summed E-state index contributed by atoms with van der Waals surface area (Å²) in [6.07, 6.45) is 7.33. The highest BCUT2D eigenvalue weighted by Gasteiger charge is 2.27. The van der Waals surface area contributed by atoms with Crippen LogP contribution < -0.4 is 10.2 Å². The number of hydrogen-bond donors (Lipinski definition) is 1. The maximum atomic E-state index is 12.6. The Balaban J connectivity index is 1.48. The van der Waals surface area contributed by atoms with Crippen LogP contribution in [0.1, 0.15) is 35.2 Å². The lowest BCUT2D eigenvalue weighted by atomic mass is 9.88. The number of amides is 1. The zero-order valence-electron chi connectivity index (χ0n) is 17.4. The third kappa shape index (κ3) is 3.94. The quantitative estimate of drug-likeness (QED) is 0.590. The van der Waals surface area contributed by atoms with E-state index in [4.69, 9.17) is 16.3 Å². The summed E-state index contributed by atoms with van der Waals surface area (Å²) in [5, 5.41) is 0.693. The molecule has 32 heavy (non-hydrogen) atoms. The van der Waals surface area contributed by atoms with Gasteiger partial charge in [0.15, 0.2) is 11.2 Å². The number of halogens is 1. The van der Waals surface area contributed by atoms with E-state index in [2.05, 4.69) is 9.97 Å². The monoisotopic (exact) mass is 447 g/mol. The van der Waals surface area contributed by atoms with Crippen LogP contribution in [0.15, 0.2) is 65.4 Å². The van der Waals surface area contributed by atoms with E-state index >= 15 is 0 Å². The number of piperidine rings is 1. The second-order valence-corrected chi connectivity index (χ2v) is 8.46. The molecular weight excluding hydrogens is 426 g/mol. The fourth-order valence-electron chi connectivity index (χ4n) is 4.54. The summed E-state index contributed by atoms with van der Waals surface area (Å²) in [5.41, 5.74) is 6.29. The average Bonchev–Trinajstić information content (AvgIpc) is 2.97. The Morgan fingerprint density at radius 1 is 1.09 bits per heavy atom. The van der Waals surface area contributed by atoms with Crippen molar-refractivity contribution < 1.29 is 9.53 Å². The van der Waals surface area contributed by atoms with Crippen LogP contribution in [-0.2, 0) is 12.8 Å². The largest absolute Gasteiger partial charge is 0.415 e. The van der Waals surface area contributed by atoms with Gasteiger partial charge in [-0.2, -0.15) is 0 Å². The first-order valence-corrected chi connectivity index (χ1v) is 11.1. The van der Waals surface area contributed by atoms with Gasteiger partial charge in [-0.15, -0.1) is 0 Å². The molecule has 6 nitrogen and oxygen atoms in total. The van der Waals surface area contributed by atoms with E-state index in [9.17, 15) is 9.59 Å². The molecular formula is C25H22ClN3O3. The lowest BCUT2D eigenvalue weighted by molar-refractivity contribution is 0.148. The number of rotatable bonds is 1. The summed E-state index contributed by atoms with van der Waals surface area (Å²) in [4.78, 5) is 34.2. The SMILES string of the molecule is O=C(Oc1cccnc1)N1CCC(=C2c3ccc(Cl)cc3CCc3c2[nH]ccc3=O)CC1. The Kier molecular flexibility index (Phi) is 5.53. The Bertz CT molecular complexity index is 1260. The molecule has 5 rings (SSSR count). The first kappa shape index (κ1) is 20.5. The van der Waals surface area contributed by atoms with E-state index < -0.39 is 0 Å². The van der Waals surface area contributed by atoms with E-state index in [0.717, 1.165) is 34.4 Å². The van der Waals surface area contributed by atoms with Crippen LogP contribution >= 0.6 is 11.6 Å². The summed E-state index contributed by atoms with van der Waals surface area (Å²) < 4.78 is 5.44. The van der Waals surface area contributed by atoms with Gasteiger partial charge in [0.1, 0.15) is 0 Å². The lowest BCUT2D eigenvalue weighted by Gasteiger charge is -2.29. The Hall–Kier alpha value is -3.38. The summed E-state index contributed by atoms with van der Waals surface area (Å²) in [7, 11) is 0. The van der Waals surface area contributed by atoms with Gasteiger partial charge in [-0.25, -0.2) is 4.79 Å². The van der Waals surface area contributed by atoms with Crippen molar-refractivity contribution in [2.24, 2.45) is 0 Å². The molecule has 3 aromatic rings. The molecule has 0 radical (unpaired) electrons. The number of likely N-dealkylation sites (tertiary alicyclic amines) is 1. The highest BCUT2D eigenvalue weighted by Crippen LogP contribution is 2.37. The van der Waals surface area contributed by atoms with Gasteiger partial charge in [-0.05, 0) is 61.1 Å². The van der Waals surface area contributed by atoms with Crippen molar-refractivity contribution in [2.45, 2.75) is 25.7 Å². The normalized spacial score (nSPS) is 15.6. The molecule has 0 atom stereocenters. The molecule has 0 saturated carbocycles. The number of nitrogens with zero attached hydrogens (tertiary/aromatic N) is 2. The zero-order chi connectivity index (χ0) is 22.1. The smallest absolute Gasteiger partial charge is 0.409 e. The zero-order valence-corrected chi connectivity index (χ0v) is 18.2. The van der Waals surface area contributed by atoms with Gasteiger partial charge < -0.3 is 14.6 Å². The molecule has 1 aliphatic heterocycles. The van der Waals surface area contributed by atoms with Gasteiger partial charge in [0, 0.05) is 47.7 Å². The van der Waals surface area contributed by atoms with Gasteiger partial charge in [0.2, 0.25) is 0 Å². The van der Waals surface area contributed by atoms with Crippen molar-refractivity contribution in [3.63, 3.8) is 0 Å². The van der Waals surface area contributed by atoms with E-state index in [1.807, 2.05) is 18.2 Å². The van der Waals surface area contributed by atoms with Crippen LogP contribution in [0.2, 0.25) is 5.02 Å². The maximum absolute atomic E-state index is 12.6. The third-order valence-electron chi connectivity index (χ3n) is 6.11. The standard InChI is InChI=1S/C25H22ClN3O3/c26-18-4-6-20-17(14-18)3-5-21-22(30)7-11-28-24(21)23(20)16-8-12-29(13-9-16)25(31)32-19-2-1-10-27-15-19/h1-2,4,6-7,10-11,14-15H,3,5,8-9,12-13H2,(H,28,30). The number of benzene rings is 1. The van der Waals surface area contributed by atoms with Crippen molar-refractivity contribution in [3.8, 4) is 5.75 Å². The molecule has 1 aliphatic carbocycles. The minimum Gasteiger partial charge on any atom is -0.409 e. The predicted molar refractivity (Wildman–Crippen MR) is 123 cm³/mol. The molecule has 162 valence electrons. The number of pyridine rings is 2. The molecule has 1 N–H and O–H groups in total. The topological polar surface area (TPSA) is 75.3 Å². The second-order valence-electron chi connectivity index (χ2n) is 8.02. The van der Waals surface area contributed by atoms with Crippen LogP contribution in [0.3, 0.4) is 0 Å². The van der Waals surface area contributed by atoms with Crippen LogP contribution in [0.25, 0.3) is 5.57 Å². The van der Waals surface area contributed by atoms with Crippen LogP contribution in [0, 0.1) is 0 Å². The molecule has 3 heterocycles. The van der Waals surface area contributed by atoms with Crippen molar-refractivity contribution in [1.82, 2.24) is 14.9 Å². The molecule has 1 saturated heterocycles. The van der Waals surface area contributed by atoms with E-state index in [0.29, 0.717) is 43.1 Å². The summed E-state index contributed by atoms with van der Waals surface area (Å²) in [6.45, 7) is 1.10. The number of aromatic nitrogens is 2. The number of carbonyl (C=O) groups excluding carboxylic acids is 1. The number of hydrogen-bond acceptors (Lipinski definition) is 4. The highest BCUT2D eigenvalue weighted by atomic mass is 35.5. The van der Waals surface area contributed by atoms with Gasteiger partial charge in [-0.3, -0.25) is 9.78 Å². The van der Waals surface area contributed by atoms with Crippen LogP contribution in [0.4, 0.5) is 4.79 Å². The van der Waals surface area contributed by atoms with Gasteiger partial charge in [-0.1, -0.05) is 23.2 Å². The van der Waals surface area contributed by atoms with Crippen molar-refractivity contribution in [1.29, 1.82) is 0 Å². The molecule has 1 amide bonds. The van der Waals surface area contributed by atoms with E-state index in [-0.39, 0.29) is 11.5 Å². The molecule has 0 spiro atoms.